The van der Waals surface area contributed by atoms with Gasteiger partial charge in [-0.3, -0.25) is 4.79 Å². The van der Waals surface area contributed by atoms with E-state index in [0.717, 1.165) is 18.8 Å². The summed E-state index contributed by atoms with van der Waals surface area (Å²) in [6.07, 6.45) is 5.78. The number of aryl methyl sites for hydroxylation is 1. The summed E-state index contributed by atoms with van der Waals surface area (Å²) in [5, 5.41) is 0. The van der Waals surface area contributed by atoms with Gasteiger partial charge in [-0.15, -0.1) is 0 Å². The van der Waals surface area contributed by atoms with Crippen LogP contribution in [0.2, 0.25) is 0 Å². The first-order valence-electron chi connectivity index (χ1n) is 11.6. The number of carbonyl (C=O) groups excluding carboxylic acids is 1. The quantitative estimate of drug-likeness (QED) is 0.521. The van der Waals surface area contributed by atoms with Crippen molar-refractivity contribution in [3.05, 3.63) is 34.9 Å². The first-order valence-corrected chi connectivity index (χ1v) is 11.6. The van der Waals surface area contributed by atoms with E-state index < -0.39 is 0 Å². The van der Waals surface area contributed by atoms with Gasteiger partial charge in [-0.25, -0.2) is 0 Å². The molecule has 28 heavy (non-hydrogen) atoms. The molecular formula is C27H44O. The molecule has 0 aliphatic heterocycles. The van der Waals surface area contributed by atoms with Gasteiger partial charge >= 0.3 is 0 Å². The smallest absolute Gasteiger partial charge is 0.141 e. The van der Waals surface area contributed by atoms with E-state index in [-0.39, 0.29) is 16.7 Å². The molecule has 1 fully saturated rings. The predicted molar refractivity (Wildman–Crippen MR) is 122 cm³/mol. The first-order chi connectivity index (χ1) is 12.9. The van der Waals surface area contributed by atoms with Crippen LogP contribution >= 0.6 is 0 Å². The van der Waals surface area contributed by atoms with Gasteiger partial charge in [-0.1, -0.05) is 86.9 Å². The lowest BCUT2D eigenvalue weighted by atomic mass is 9.48. The second-order valence-electron chi connectivity index (χ2n) is 11.1. The molecule has 0 radical (unpaired) electrons. The molecule has 3 atom stereocenters. The van der Waals surface area contributed by atoms with Crippen LogP contribution in [0, 0.1) is 23.2 Å². The summed E-state index contributed by atoms with van der Waals surface area (Å²) in [7, 11) is 0. The minimum absolute atomic E-state index is 0.141. The zero-order valence-corrected chi connectivity index (χ0v) is 20.0. The van der Waals surface area contributed by atoms with Crippen molar-refractivity contribution >= 4 is 5.78 Å². The van der Waals surface area contributed by atoms with E-state index >= 15 is 0 Å². The highest BCUT2D eigenvalue weighted by atomic mass is 16.1. The number of fused-ring (bicyclic) bond motifs is 3. The molecule has 1 nitrogen and oxygen atoms in total. The van der Waals surface area contributed by atoms with E-state index in [1.165, 1.54) is 30.4 Å². The van der Waals surface area contributed by atoms with Gasteiger partial charge in [0.1, 0.15) is 5.78 Å². The number of ketones is 1. The van der Waals surface area contributed by atoms with Gasteiger partial charge in [0, 0.05) is 11.3 Å². The minimum atomic E-state index is -0.143. The second kappa shape index (κ2) is 8.72. The van der Waals surface area contributed by atoms with Crippen molar-refractivity contribution in [2.45, 2.75) is 106 Å². The van der Waals surface area contributed by atoms with E-state index in [4.69, 9.17) is 0 Å². The number of hydrogen-bond acceptors (Lipinski definition) is 1. The SMILES string of the molecule is CC(C)C.CC(C)C(=O)[C@]1(C)CCC[C@]2(C)c3ccc(C(C)C)cc3CCC12. The Morgan fingerprint density at radius 1 is 1.00 bits per heavy atom. The average Bonchev–Trinajstić information content (AvgIpc) is 2.59. The van der Waals surface area contributed by atoms with Crippen LogP contribution in [0.1, 0.15) is 111 Å². The minimum Gasteiger partial charge on any atom is -0.299 e. The summed E-state index contributed by atoms with van der Waals surface area (Å²) in [6, 6.07) is 7.16. The molecule has 0 spiro atoms. The van der Waals surface area contributed by atoms with E-state index in [1.807, 2.05) is 0 Å². The van der Waals surface area contributed by atoms with Gasteiger partial charge in [0.05, 0.1) is 0 Å². The van der Waals surface area contributed by atoms with Gasteiger partial charge in [-0.2, -0.15) is 0 Å². The van der Waals surface area contributed by atoms with Crippen molar-refractivity contribution in [1.29, 1.82) is 0 Å². The highest BCUT2D eigenvalue weighted by Gasteiger charge is 2.54. The van der Waals surface area contributed by atoms with E-state index in [1.54, 1.807) is 5.56 Å². The Morgan fingerprint density at radius 3 is 2.14 bits per heavy atom. The average molecular weight is 385 g/mol. The Kier molecular flexibility index (Phi) is 7.22. The molecule has 0 aromatic heterocycles. The number of rotatable bonds is 3. The van der Waals surface area contributed by atoms with Gasteiger partial charge in [-0.05, 0) is 65.5 Å². The Labute approximate surface area is 174 Å². The number of benzene rings is 1. The van der Waals surface area contributed by atoms with Crippen molar-refractivity contribution in [1.82, 2.24) is 0 Å². The van der Waals surface area contributed by atoms with E-state index in [0.29, 0.717) is 17.6 Å². The fourth-order valence-electron chi connectivity index (χ4n) is 5.82. The molecular weight excluding hydrogens is 340 g/mol. The van der Waals surface area contributed by atoms with Crippen LogP contribution in [-0.2, 0) is 16.6 Å². The molecule has 0 bridgehead atoms. The highest BCUT2D eigenvalue weighted by Crippen LogP contribution is 2.58. The lowest BCUT2D eigenvalue weighted by Crippen LogP contribution is -2.53. The van der Waals surface area contributed by atoms with Crippen LogP contribution in [0.5, 0.6) is 0 Å². The van der Waals surface area contributed by atoms with Gasteiger partial charge in [0.25, 0.3) is 0 Å². The Bertz CT molecular complexity index is 681. The molecule has 3 rings (SSSR count). The van der Waals surface area contributed by atoms with Gasteiger partial charge in [0.15, 0.2) is 0 Å². The molecule has 1 saturated carbocycles. The molecule has 1 unspecified atom stereocenters. The summed E-state index contributed by atoms with van der Waals surface area (Å²) in [5.74, 6) is 2.54. The third kappa shape index (κ3) is 4.39. The topological polar surface area (TPSA) is 17.1 Å². The standard InChI is InChI=1S/C23H34O.C4H10/c1-15(2)17-8-10-19-18(14-17)9-11-20-22(19,5)12-7-13-23(20,6)21(24)16(3)4;1-4(2)3/h8,10,14-16,20H,7,9,11-13H2,1-6H3;4H,1-3H3/t20?,22-,23-;/m1./s1. The van der Waals surface area contributed by atoms with E-state index in [9.17, 15) is 4.79 Å². The molecule has 1 heteroatoms. The predicted octanol–water partition coefficient (Wildman–Crippen LogP) is 7.71. The maximum absolute atomic E-state index is 13.1. The molecule has 2 aliphatic rings. The van der Waals surface area contributed by atoms with Crippen LogP contribution in [0.4, 0.5) is 0 Å². The monoisotopic (exact) mass is 384 g/mol. The summed E-state index contributed by atoms with van der Waals surface area (Å²) >= 11 is 0. The molecule has 0 saturated heterocycles. The molecule has 1 aromatic carbocycles. The third-order valence-corrected chi connectivity index (χ3v) is 7.13. The van der Waals surface area contributed by atoms with Gasteiger partial charge in [0.2, 0.25) is 0 Å². The normalized spacial score (nSPS) is 29.2. The zero-order chi connectivity index (χ0) is 21.3. The third-order valence-electron chi connectivity index (χ3n) is 7.13. The lowest BCUT2D eigenvalue weighted by molar-refractivity contribution is -0.139. The molecule has 2 aliphatic carbocycles. The highest BCUT2D eigenvalue weighted by molar-refractivity contribution is 5.87. The summed E-state index contributed by atoms with van der Waals surface area (Å²) < 4.78 is 0. The van der Waals surface area contributed by atoms with Crippen LogP contribution in [-0.4, -0.2) is 5.78 Å². The van der Waals surface area contributed by atoms with E-state index in [2.05, 4.69) is 80.5 Å². The molecule has 158 valence electrons. The van der Waals surface area contributed by atoms with Crippen molar-refractivity contribution in [3.8, 4) is 0 Å². The number of carbonyl (C=O) groups is 1. The molecule has 0 N–H and O–H groups in total. The van der Waals surface area contributed by atoms with Gasteiger partial charge < -0.3 is 0 Å². The van der Waals surface area contributed by atoms with Crippen LogP contribution in [0.15, 0.2) is 18.2 Å². The zero-order valence-electron chi connectivity index (χ0n) is 20.0. The summed E-state index contributed by atoms with van der Waals surface area (Å²) in [5.41, 5.74) is 4.55. The second-order valence-corrected chi connectivity index (χ2v) is 11.1. The fraction of sp³-hybridized carbons (Fsp3) is 0.741. The fourth-order valence-corrected chi connectivity index (χ4v) is 5.82. The summed E-state index contributed by atoms with van der Waals surface area (Å²) in [4.78, 5) is 13.1. The van der Waals surface area contributed by atoms with Crippen LogP contribution in [0.3, 0.4) is 0 Å². The Morgan fingerprint density at radius 2 is 1.61 bits per heavy atom. The van der Waals surface area contributed by atoms with Crippen LogP contribution in [0.25, 0.3) is 0 Å². The van der Waals surface area contributed by atoms with Crippen molar-refractivity contribution in [2.24, 2.45) is 23.2 Å². The maximum Gasteiger partial charge on any atom is 0.141 e. The molecule has 0 heterocycles. The molecule has 0 amide bonds. The Hall–Kier alpha value is -1.11. The molecule has 1 aromatic rings. The lowest BCUT2D eigenvalue weighted by Gasteiger charge is -2.55. The Balaban J connectivity index is 0.000000640. The number of hydrogen-bond donors (Lipinski definition) is 0. The first kappa shape index (κ1) is 23.2. The summed E-state index contributed by atoms with van der Waals surface area (Å²) in [6.45, 7) is 19.9. The van der Waals surface area contributed by atoms with Crippen LogP contribution < -0.4 is 0 Å². The van der Waals surface area contributed by atoms with Crippen molar-refractivity contribution in [3.63, 3.8) is 0 Å². The largest absolute Gasteiger partial charge is 0.299 e. The van der Waals surface area contributed by atoms with Crippen molar-refractivity contribution < 1.29 is 4.79 Å². The number of Topliss-reactive ketones (excluding diaryl/α,β-unsaturated/α-hetero) is 1. The maximum atomic E-state index is 13.1. The van der Waals surface area contributed by atoms with Crippen molar-refractivity contribution in [2.75, 3.05) is 0 Å².